The minimum absolute atomic E-state index is 0.0686. The van der Waals surface area contributed by atoms with Crippen molar-refractivity contribution in [2.75, 3.05) is 13.1 Å². The van der Waals surface area contributed by atoms with E-state index in [9.17, 15) is 13.2 Å². The van der Waals surface area contributed by atoms with Gasteiger partial charge in [0.25, 0.3) is 5.91 Å². The van der Waals surface area contributed by atoms with Crippen molar-refractivity contribution in [3.8, 4) is 0 Å². The molecule has 1 aliphatic rings. The Balaban J connectivity index is 1.44. The van der Waals surface area contributed by atoms with E-state index in [-0.39, 0.29) is 21.5 Å². The topological polar surface area (TPSA) is 67.6 Å². The molecule has 3 aromatic carbocycles. The first-order chi connectivity index (χ1) is 16.4. The Bertz CT molecular complexity index is 1420. The van der Waals surface area contributed by atoms with Gasteiger partial charge in [0.1, 0.15) is 10.5 Å². The normalized spacial score (nSPS) is 15.0. The summed E-state index contributed by atoms with van der Waals surface area (Å²) in [4.78, 5) is 15.2. The third-order valence-electron chi connectivity index (χ3n) is 6.41. The number of hydrogen-bond donors (Lipinski definition) is 0. The summed E-state index contributed by atoms with van der Waals surface area (Å²) in [5.74, 6) is -0.0287. The predicted octanol–water partition coefficient (Wildman–Crippen LogP) is 6.01. The minimum Gasteiger partial charge on any atom is -0.449 e. The molecule has 7 heteroatoms. The van der Waals surface area contributed by atoms with Gasteiger partial charge in [-0.05, 0) is 67.1 Å². The molecular weight excluding hydrogens is 470 g/mol. The molecule has 0 radical (unpaired) electrons. The fourth-order valence-corrected chi connectivity index (χ4v) is 6.28. The number of rotatable bonds is 5. The highest BCUT2D eigenvalue weighted by Gasteiger charge is 2.34. The zero-order chi connectivity index (χ0) is 23.7. The summed E-state index contributed by atoms with van der Waals surface area (Å²) in [6.07, 6.45) is 2.70. The van der Waals surface area contributed by atoms with E-state index in [1.807, 2.05) is 18.2 Å². The number of halogens is 1. The summed E-state index contributed by atoms with van der Waals surface area (Å²) in [5, 5.41) is 0.838. The second-order valence-corrected chi connectivity index (χ2v) is 11.0. The highest BCUT2D eigenvalue weighted by molar-refractivity contribution is 7.91. The van der Waals surface area contributed by atoms with E-state index in [0.29, 0.717) is 35.0 Å². The zero-order valence-electron chi connectivity index (χ0n) is 18.5. The van der Waals surface area contributed by atoms with Gasteiger partial charge in [-0.3, -0.25) is 4.79 Å². The Kier molecular flexibility index (Phi) is 6.19. The molecule has 1 aliphatic heterocycles. The SMILES string of the molecule is O=C(c1oc2ccccc2c1S(=O)(=O)c1ccc(Cl)cc1)N1CCC(Cc2ccccc2)CC1. The quantitative estimate of drug-likeness (QED) is 0.341. The number of fused-ring (bicyclic) bond motifs is 1. The monoisotopic (exact) mass is 493 g/mol. The van der Waals surface area contributed by atoms with E-state index >= 15 is 0 Å². The van der Waals surface area contributed by atoms with Crippen molar-refractivity contribution < 1.29 is 17.6 Å². The minimum atomic E-state index is -4.00. The Morgan fingerprint density at radius 3 is 2.26 bits per heavy atom. The number of amides is 1. The fraction of sp³-hybridized carbons (Fsp3) is 0.222. The van der Waals surface area contributed by atoms with Crippen molar-refractivity contribution in [2.24, 2.45) is 5.92 Å². The zero-order valence-corrected chi connectivity index (χ0v) is 20.1. The molecule has 0 spiro atoms. The van der Waals surface area contributed by atoms with Crippen LogP contribution in [0.4, 0.5) is 0 Å². The smallest absolute Gasteiger partial charge is 0.291 e. The number of carbonyl (C=O) groups is 1. The van der Waals surface area contributed by atoms with Gasteiger partial charge in [-0.25, -0.2) is 8.42 Å². The molecule has 0 bridgehead atoms. The lowest BCUT2D eigenvalue weighted by molar-refractivity contribution is 0.0655. The van der Waals surface area contributed by atoms with Gasteiger partial charge in [0.05, 0.1) is 4.90 Å². The molecule has 174 valence electrons. The molecule has 0 atom stereocenters. The summed E-state index contributed by atoms with van der Waals surface area (Å²) in [5.41, 5.74) is 1.67. The van der Waals surface area contributed by atoms with Gasteiger partial charge in [-0.2, -0.15) is 0 Å². The molecule has 1 amide bonds. The molecule has 4 aromatic rings. The van der Waals surface area contributed by atoms with Crippen molar-refractivity contribution in [2.45, 2.75) is 29.1 Å². The molecule has 2 heterocycles. The van der Waals surface area contributed by atoms with Crippen LogP contribution in [0.5, 0.6) is 0 Å². The van der Waals surface area contributed by atoms with E-state index in [1.165, 1.54) is 29.8 Å². The molecule has 0 unspecified atom stereocenters. The summed E-state index contributed by atoms with van der Waals surface area (Å²) in [7, 11) is -4.00. The number of hydrogen-bond acceptors (Lipinski definition) is 4. The Morgan fingerprint density at radius 1 is 0.912 bits per heavy atom. The number of sulfone groups is 1. The molecule has 34 heavy (non-hydrogen) atoms. The van der Waals surface area contributed by atoms with Gasteiger partial charge in [-0.1, -0.05) is 54.1 Å². The number of furan rings is 1. The van der Waals surface area contributed by atoms with E-state index in [2.05, 4.69) is 12.1 Å². The van der Waals surface area contributed by atoms with Gasteiger partial charge in [-0.15, -0.1) is 0 Å². The van der Waals surface area contributed by atoms with Crippen LogP contribution in [0.25, 0.3) is 11.0 Å². The van der Waals surface area contributed by atoms with Crippen LogP contribution < -0.4 is 0 Å². The van der Waals surface area contributed by atoms with Crippen LogP contribution >= 0.6 is 11.6 Å². The molecule has 5 rings (SSSR count). The maximum absolute atomic E-state index is 13.6. The van der Waals surface area contributed by atoms with Gasteiger partial charge in [0.2, 0.25) is 15.6 Å². The second kappa shape index (κ2) is 9.28. The first-order valence-corrected chi connectivity index (χ1v) is 13.1. The third-order valence-corrected chi connectivity index (χ3v) is 8.49. The first kappa shape index (κ1) is 22.7. The second-order valence-electron chi connectivity index (χ2n) is 8.64. The summed E-state index contributed by atoms with van der Waals surface area (Å²) in [6.45, 7) is 1.13. The van der Waals surface area contributed by atoms with Gasteiger partial charge in [0.15, 0.2) is 0 Å². The first-order valence-electron chi connectivity index (χ1n) is 11.3. The highest BCUT2D eigenvalue weighted by Crippen LogP contribution is 2.36. The molecule has 0 N–H and O–H groups in total. The molecule has 5 nitrogen and oxygen atoms in total. The van der Waals surface area contributed by atoms with Crippen molar-refractivity contribution in [3.05, 3.63) is 95.2 Å². The van der Waals surface area contributed by atoms with Crippen molar-refractivity contribution in [1.82, 2.24) is 4.90 Å². The number of para-hydroxylation sites is 1. The molecular formula is C27H24ClNO4S. The van der Waals surface area contributed by atoms with Crippen LogP contribution in [-0.2, 0) is 16.3 Å². The highest BCUT2D eigenvalue weighted by atomic mass is 35.5. The van der Waals surface area contributed by atoms with E-state index in [0.717, 1.165) is 19.3 Å². The lowest BCUT2D eigenvalue weighted by atomic mass is 9.90. The lowest BCUT2D eigenvalue weighted by Crippen LogP contribution is -2.39. The van der Waals surface area contributed by atoms with Crippen LogP contribution in [0.1, 0.15) is 29.0 Å². The maximum Gasteiger partial charge on any atom is 0.291 e. The fourth-order valence-electron chi connectivity index (χ4n) is 4.59. The van der Waals surface area contributed by atoms with Gasteiger partial charge < -0.3 is 9.32 Å². The Hall–Kier alpha value is -3.09. The average Bonchev–Trinajstić information content (AvgIpc) is 3.25. The summed E-state index contributed by atoms with van der Waals surface area (Å²) < 4.78 is 33.1. The Labute approximate surface area is 203 Å². The van der Waals surface area contributed by atoms with E-state index < -0.39 is 9.84 Å². The molecule has 1 saturated heterocycles. The van der Waals surface area contributed by atoms with Crippen LogP contribution in [0.2, 0.25) is 5.02 Å². The standard InChI is InChI=1S/C27H24ClNO4S/c28-21-10-12-22(13-11-21)34(31,32)26-23-8-4-5-9-24(23)33-25(26)27(30)29-16-14-20(15-17-29)18-19-6-2-1-3-7-19/h1-13,20H,14-18H2. The van der Waals surface area contributed by atoms with Crippen LogP contribution in [0.15, 0.2) is 93.1 Å². The predicted molar refractivity (Wildman–Crippen MR) is 132 cm³/mol. The number of likely N-dealkylation sites (tertiary alicyclic amines) is 1. The van der Waals surface area contributed by atoms with Gasteiger partial charge in [0, 0.05) is 23.5 Å². The van der Waals surface area contributed by atoms with Crippen LogP contribution in [0.3, 0.4) is 0 Å². The third kappa shape index (κ3) is 4.36. The number of benzene rings is 3. The van der Waals surface area contributed by atoms with E-state index in [4.69, 9.17) is 16.0 Å². The van der Waals surface area contributed by atoms with Crippen LogP contribution in [-0.4, -0.2) is 32.3 Å². The lowest BCUT2D eigenvalue weighted by Gasteiger charge is -2.31. The summed E-state index contributed by atoms with van der Waals surface area (Å²) >= 11 is 5.95. The molecule has 1 fully saturated rings. The van der Waals surface area contributed by atoms with Crippen molar-refractivity contribution in [1.29, 1.82) is 0 Å². The number of piperidine rings is 1. The molecule has 0 aliphatic carbocycles. The van der Waals surface area contributed by atoms with Crippen LogP contribution in [0, 0.1) is 5.92 Å². The Morgan fingerprint density at radius 2 is 1.56 bits per heavy atom. The summed E-state index contributed by atoms with van der Waals surface area (Å²) in [6, 6.07) is 23.1. The average molecular weight is 494 g/mol. The number of nitrogens with zero attached hydrogens (tertiary/aromatic N) is 1. The maximum atomic E-state index is 13.6. The van der Waals surface area contributed by atoms with E-state index in [1.54, 1.807) is 29.2 Å². The van der Waals surface area contributed by atoms with Gasteiger partial charge >= 0.3 is 0 Å². The van der Waals surface area contributed by atoms with Crippen molar-refractivity contribution >= 4 is 38.3 Å². The van der Waals surface area contributed by atoms with Crippen molar-refractivity contribution in [3.63, 3.8) is 0 Å². The molecule has 1 aromatic heterocycles. The molecule has 0 saturated carbocycles. The largest absolute Gasteiger partial charge is 0.449 e. The number of carbonyl (C=O) groups excluding carboxylic acids is 1.